The van der Waals surface area contributed by atoms with Crippen molar-refractivity contribution in [1.29, 1.82) is 0 Å². The number of esters is 1. The molecule has 110 valence electrons. The van der Waals surface area contributed by atoms with Crippen LogP contribution in [0.2, 0.25) is 0 Å². The normalized spacial score (nSPS) is 31.8. The van der Waals surface area contributed by atoms with Crippen molar-refractivity contribution in [3.05, 3.63) is 22.4 Å². The van der Waals surface area contributed by atoms with Crippen LogP contribution in [0.25, 0.3) is 0 Å². The molecule has 5 nitrogen and oxygen atoms in total. The fraction of sp³-hybridized carbons (Fsp3) is 0.643. The summed E-state index contributed by atoms with van der Waals surface area (Å²) in [6.45, 7) is 2.80. The summed E-state index contributed by atoms with van der Waals surface area (Å²) >= 11 is 1.32. The minimum absolute atomic E-state index is 0.108. The van der Waals surface area contributed by atoms with Gasteiger partial charge in [-0.2, -0.15) is 0 Å². The highest BCUT2D eigenvalue weighted by Gasteiger charge is 2.43. The summed E-state index contributed by atoms with van der Waals surface area (Å²) in [5, 5.41) is 12.4. The van der Waals surface area contributed by atoms with Crippen LogP contribution in [0.4, 0.5) is 0 Å². The SMILES string of the molecule is NCC(O)(C(=O)O[C@H]1CN2CCC1CC2)c1cccs1. The third-order valence-corrected chi connectivity index (χ3v) is 5.44. The number of thiophene rings is 1. The smallest absolute Gasteiger partial charge is 0.345 e. The highest BCUT2D eigenvalue weighted by Crippen LogP contribution is 2.32. The van der Waals surface area contributed by atoms with Crippen LogP contribution in [-0.2, 0) is 15.1 Å². The number of fused-ring (bicyclic) bond motifs is 3. The van der Waals surface area contributed by atoms with Crippen molar-refractivity contribution in [1.82, 2.24) is 4.90 Å². The van der Waals surface area contributed by atoms with Gasteiger partial charge in [0.25, 0.3) is 0 Å². The van der Waals surface area contributed by atoms with Gasteiger partial charge in [-0.1, -0.05) is 6.07 Å². The van der Waals surface area contributed by atoms with E-state index in [4.69, 9.17) is 10.5 Å². The Labute approximate surface area is 122 Å². The number of nitrogens with two attached hydrogens (primary N) is 1. The number of ether oxygens (including phenoxy) is 1. The van der Waals surface area contributed by atoms with Gasteiger partial charge >= 0.3 is 5.97 Å². The van der Waals surface area contributed by atoms with E-state index in [9.17, 15) is 9.90 Å². The Morgan fingerprint density at radius 3 is 2.80 bits per heavy atom. The molecule has 20 heavy (non-hydrogen) atoms. The fourth-order valence-corrected chi connectivity index (χ4v) is 3.90. The van der Waals surface area contributed by atoms with E-state index in [2.05, 4.69) is 4.90 Å². The lowest BCUT2D eigenvalue weighted by atomic mass is 9.85. The second kappa shape index (κ2) is 5.44. The van der Waals surface area contributed by atoms with Crippen LogP contribution < -0.4 is 5.73 Å². The van der Waals surface area contributed by atoms with E-state index in [1.54, 1.807) is 12.1 Å². The number of carbonyl (C=O) groups excluding carboxylic acids is 1. The van der Waals surface area contributed by atoms with Crippen molar-refractivity contribution < 1.29 is 14.6 Å². The molecule has 0 aliphatic carbocycles. The number of carbonyl (C=O) groups is 1. The van der Waals surface area contributed by atoms with Crippen LogP contribution in [0.1, 0.15) is 17.7 Å². The van der Waals surface area contributed by atoms with Gasteiger partial charge in [-0.05, 0) is 43.3 Å². The van der Waals surface area contributed by atoms with Crippen LogP contribution >= 0.6 is 11.3 Å². The molecule has 1 aromatic rings. The third-order valence-electron chi connectivity index (χ3n) is 4.42. The Morgan fingerprint density at radius 1 is 1.55 bits per heavy atom. The number of rotatable bonds is 4. The lowest BCUT2D eigenvalue weighted by Gasteiger charge is -2.44. The third kappa shape index (κ3) is 2.37. The molecule has 3 fully saturated rings. The van der Waals surface area contributed by atoms with Gasteiger partial charge in [0.1, 0.15) is 6.10 Å². The molecule has 0 radical (unpaired) electrons. The van der Waals surface area contributed by atoms with Gasteiger partial charge in [0.05, 0.1) is 0 Å². The zero-order chi connectivity index (χ0) is 14.2. The van der Waals surface area contributed by atoms with E-state index < -0.39 is 11.6 Å². The Balaban J connectivity index is 1.72. The van der Waals surface area contributed by atoms with Crippen LogP contribution in [-0.4, -0.2) is 48.3 Å². The predicted molar refractivity (Wildman–Crippen MR) is 76.3 cm³/mol. The molecule has 3 saturated heterocycles. The zero-order valence-corrected chi connectivity index (χ0v) is 12.1. The summed E-state index contributed by atoms with van der Waals surface area (Å²) in [4.78, 5) is 15.2. The van der Waals surface area contributed by atoms with Crippen LogP contribution in [0.3, 0.4) is 0 Å². The molecule has 0 amide bonds. The van der Waals surface area contributed by atoms with Gasteiger partial charge in [0.15, 0.2) is 0 Å². The Hall–Kier alpha value is -0.950. The molecular weight excluding hydrogens is 276 g/mol. The molecule has 0 spiro atoms. The molecular formula is C14H20N2O3S. The molecule has 3 aliphatic rings. The molecule has 4 rings (SSSR count). The minimum Gasteiger partial charge on any atom is -0.458 e. The first kappa shape index (κ1) is 14.0. The first-order valence-corrected chi connectivity index (χ1v) is 7.91. The topological polar surface area (TPSA) is 75.8 Å². The largest absolute Gasteiger partial charge is 0.458 e. The minimum atomic E-state index is -1.71. The Morgan fingerprint density at radius 2 is 2.30 bits per heavy atom. The summed E-state index contributed by atoms with van der Waals surface area (Å²) in [6, 6.07) is 3.51. The Bertz CT molecular complexity index is 471. The molecule has 1 unspecified atom stereocenters. The van der Waals surface area contributed by atoms with Gasteiger partial charge in [0, 0.05) is 18.0 Å². The standard InChI is InChI=1S/C14H20N2O3S/c15-9-14(18,12-2-1-7-20-12)13(17)19-11-8-16-5-3-10(11)4-6-16/h1-2,7,10-11,18H,3-6,8-9,15H2/t11-,14?/m0/s1. The van der Waals surface area contributed by atoms with E-state index in [1.807, 2.05) is 5.38 Å². The molecule has 2 atom stereocenters. The average Bonchev–Trinajstić information content (AvgIpc) is 3.02. The van der Waals surface area contributed by atoms with Gasteiger partial charge in [0.2, 0.25) is 5.60 Å². The summed E-state index contributed by atoms with van der Waals surface area (Å²) in [6.07, 6.45) is 2.03. The second-order valence-electron chi connectivity index (χ2n) is 5.62. The summed E-state index contributed by atoms with van der Waals surface area (Å²) in [5.41, 5.74) is 3.92. The van der Waals surface area contributed by atoms with Crippen LogP contribution in [0, 0.1) is 5.92 Å². The average molecular weight is 296 g/mol. The van der Waals surface area contributed by atoms with Gasteiger partial charge < -0.3 is 15.6 Å². The van der Waals surface area contributed by atoms with Crippen molar-refractivity contribution in [2.24, 2.45) is 11.7 Å². The molecule has 4 heterocycles. The highest BCUT2D eigenvalue weighted by atomic mass is 32.1. The first-order chi connectivity index (χ1) is 9.63. The summed E-state index contributed by atoms with van der Waals surface area (Å²) < 4.78 is 5.60. The van der Waals surface area contributed by atoms with E-state index in [-0.39, 0.29) is 12.6 Å². The number of aliphatic hydroxyl groups is 1. The molecule has 0 aromatic carbocycles. The van der Waals surface area contributed by atoms with Crippen LogP contribution in [0.5, 0.6) is 0 Å². The number of piperidine rings is 3. The number of nitrogens with zero attached hydrogens (tertiary/aromatic N) is 1. The van der Waals surface area contributed by atoms with Crippen molar-refractivity contribution in [2.75, 3.05) is 26.2 Å². The monoisotopic (exact) mass is 296 g/mol. The van der Waals surface area contributed by atoms with Crippen LogP contribution in [0.15, 0.2) is 17.5 Å². The predicted octanol–water partition coefficient (Wildman–Crippen LogP) is 0.532. The molecule has 2 bridgehead atoms. The number of hydrogen-bond acceptors (Lipinski definition) is 6. The van der Waals surface area contributed by atoms with E-state index in [1.165, 1.54) is 11.3 Å². The molecule has 0 saturated carbocycles. The first-order valence-electron chi connectivity index (χ1n) is 7.03. The van der Waals surface area contributed by atoms with E-state index >= 15 is 0 Å². The van der Waals surface area contributed by atoms with Gasteiger partial charge in [-0.25, -0.2) is 4.79 Å². The molecule has 3 N–H and O–H groups in total. The van der Waals surface area contributed by atoms with Crippen molar-refractivity contribution in [3.63, 3.8) is 0 Å². The maximum Gasteiger partial charge on any atom is 0.345 e. The van der Waals surface area contributed by atoms with Crippen molar-refractivity contribution >= 4 is 17.3 Å². The second-order valence-corrected chi connectivity index (χ2v) is 6.57. The quantitative estimate of drug-likeness (QED) is 0.793. The zero-order valence-electron chi connectivity index (χ0n) is 11.3. The lowest BCUT2D eigenvalue weighted by Crippen LogP contribution is -2.54. The molecule has 1 aromatic heterocycles. The maximum absolute atomic E-state index is 12.4. The number of hydrogen-bond donors (Lipinski definition) is 2. The molecule has 6 heteroatoms. The van der Waals surface area contributed by atoms with Gasteiger partial charge in [-0.3, -0.25) is 4.90 Å². The summed E-state index contributed by atoms with van der Waals surface area (Å²) in [5.74, 6) is -0.185. The van der Waals surface area contributed by atoms with Crippen molar-refractivity contribution in [3.8, 4) is 0 Å². The molecule has 3 aliphatic heterocycles. The van der Waals surface area contributed by atoms with Gasteiger partial charge in [-0.15, -0.1) is 11.3 Å². The highest BCUT2D eigenvalue weighted by molar-refractivity contribution is 7.10. The van der Waals surface area contributed by atoms with E-state index in [0.29, 0.717) is 10.8 Å². The summed E-state index contributed by atoms with van der Waals surface area (Å²) in [7, 11) is 0. The van der Waals surface area contributed by atoms with E-state index in [0.717, 1.165) is 32.5 Å². The fourth-order valence-electron chi connectivity index (χ4n) is 3.08. The lowest BCUT2D eigenvalue weighted by molar-refractivity contribution is -0.180. The van der Waals surface area contributed by atoms with Crippen molar-refractivity contribution in [2.45, 2.75) is 24.5 Å². The Kier molecular flexibility index (Phi) is 3.81. The maximum atomic E-state index is 12.4.